The topological polar surface area (TPSA) is 58.4 Å². The Kier molecular flexibility index (Phi) is 5.95. The van der Waals surface area contributed by atoms with Gasteiger partial charge in [0.1, 0.15) is 0 Å². The molecule has 3 N–H and O–H groups in total. The molecule has 1 fully saturated rings. The lowest BCUT2D eigenvalue weighted by atomic mass is 9.96. The maximum atomic E-state index is 12.2. The van der Waals surface area contributed by atoms with Gasteiger partial charge in [-0.05, 0) is 55.6 Å². The van der Waals surface area contributed by atoms with E-state index >= 15 is 0 Å². The van der Waals surface area contributed by atoms with E-state index in [4.69, 9.17) is 17.3 Å². The molecule has 0 unspecified atom stereocenters. The highest BCUT2D eigenvalue weighted by Crippen LogP contribution is 2.22. The Morgan fingerprint density at radius 2 is 1.80 bits per heavy atom. The van der Waals surface area contributed by atoms with Crippen molar-refractivity contribution in [3.63, 3.8) is 0 Å². The molecule has 1 saturated heterocycles. The van der Waals surface area contributed by atoms with Crippen molar-refractivity contribution < 1.29 is 4.79 Å². The average Bonchev–Trinajstić information content (AvgIpc) is 2.63. The highest BCUT2D eigenvalue weighted by atomic mass is 35.5. The molecule has 0 spiro atoms. The van der Waals surface area contributed by atoms with Gasteiger partial charge in [-0.3, -0.25) is 9.69 Å². The van der Waals surface area contributed by atoms with Gasteiger partial charge < -0.3 is 11.1 Å². The maximum absolute atomic E-state index is 12.2. The van der Waals surface area contributed by atoms with Crippen LogP contribution in [0.15, 0.2) is 48.5 Å². The lowest BCUT2D eigenvalue weighted by molar-refractivity contribution is 0.0936. The molecule has 2 aromatic rings. The fraction of sp³-hybridized carbons (Fsp3) is 0.350. The third-order valence-electron chi connectivity index (χ3n) is 4.82. The lowest BCUT2D eigenvalue weighted by Gasteiger charge is -2.32. The third kappa shape index (κ3) is 4.74. The van der Waals surface area contributed by atoms with Gasteiger partial charge in [-0.15, -0.1) is 0 Å². The number of piperidine rings is 1. The highest BCUT2D eigenvalue weighted by Gasteiger charge is 2.20. The van der Waals surface area contributed by atoms with Crippen LogP contribution in [-0.4, -0.2) is 30.4 Å². The van der Waals surface area contributed by atoms with Crippen LogP contribution >= 0.6 is 11.6 Å². The van der Waals surface area contributed by atoms with E-state index in [9.17, 15) is 4.79 Å². The first-order chi connectivity index (χ1) is 12.1. The number of benzene rings is 2. The molecule has 1 heterocycles. The number of anilines is 1. The Morgan fingerprint density at radius 3 is 2.52 bits per heavy atom. The van der Waals surface area contributed by atoms with Gasteiger partial charge in [0.25, 0.3) is 5.91 Å². The second-order valence-corrected chi connectivity index (χ2v) is 7.02. The minimum atomic E-state index is -0.0865. The number of halogens is 1. The number of hydrogen-bond acceptors (Lipinski definition) is 3. The number of nitrogens with two attached hydrogens (primary N) is 1. The highest BCUT2D eigenvalue weighted by molar-refractivity contribution is 6.31. The lowest BCUT2D eigenvalue weighted by Crippen LogP contribution is -2.38. The van der Waals surface area contributed by atoms with Gasteiger partial charge in [0.2, 0.25) is 0 Å². The first kappa shape index (κ1) is 17.8. The summed E-state index contributed by atoms with van der Waals surface area (Å²) in [6, 6.07) is 15.2. The van der Waals surface area contributed by atoms with E-state index in [1.807, 2.05) is 30.3 Å². The van der Waals surface area contributed by atoms with E-state index in [1.165, 1.54) is 5.56 Å². The molecule has 1 aliphatic heterocycles. The summed E-state index contributed by atoms with van der Waals surface area (Å²) >= 11 is 6.24. The van der Waals surface area contributed by atoms with Gasteiger partial charge in [-0.2, -0.15) is 0 Å². The Hall–Kier alpha value is -2.04. The minimum Gasteiger partial charge on any atom is -0.398 e. The molecular formula is C20H24ClN3O. The van der Waals surface area contributed by atoms with Crippen LogP contribution in [0.3, 0.4) is 0 Å². The van der Waals surface area contributed by atoms with Crippen LogP contribution in [0, 0.1) is 5.92 Å². The van der Waals surface area contributed by atoms with Crippen molar-refractivity contribution in [3.05, 3.63) is 64.7 Å². The molecule has 5 heteroatoms. The van der Waals surface area contributed by atoms with Crippen molar-refractivity contribution in [2.75, 3.05) is 25.4 Å². The van der Waals surface area contributed by atoms with Crippen LogP contribution in [-0.2, 0) is 6.54 Å². The van der Waals surface area contributed by atoms with E-state index in [0.717, 1.165) is 37.5 Å². The second kappa shape index (κ2) is 8.37. The number of nitrogens with one attached hydrogen (secondary N) is 1. The zero-order valence-electron chi connectivity index (χ0n) is 14.2. The van der Waals surface area contributed by atoms with E-state index in [1.54, 1.807) is 12.1 Å². The molecule has 1 aliphatic rings. The smallest absolute Gasteiger partial charge is 0.253 e. The molecule has 132 valence electrons. The zero-order valence-corrected chi connectivity index (χ0v) is 15.0. The summed E-state index contributed by atoms with van der Waals surface area (Å²) in [6.07, 6.45) is 2.16. The molecule has 2 aromatic carbocycles. The van der Waals surface area contributed by atoms with Crippen LogP contribution in [0.1, 0.15) is 28.8 Å². The van der Waals surface area contributed by atoms with Crippen LogP contribution < -0.4 is 11.1 Å². The van der Waals surface area contributed by atoms with Gasteiger partial charge >= 0.3 is 0 Å². The van der Waals surface area contributed by atoms with Gasteiger partial charge in [0, 0.05) is 23.8 Å². The Bertz CT molecular complexity index is 726. The van der Waals surface area contributed by atoms with Crippen LogP contribution in [0.2, 0.25) is 5.02 Å². The molecule has 0 saturated carbocycles. The van der Waals surface area contributed by atoms with Crippen molar-refractivity contribution in [1.29, 1.82) is 0 Å². The van der Waals surface area contributed by atoms with E-state index < -0.39 is 0 Å². The Morgan fingerprint density at radius 1 is 1.12 bits per heavy atom. The monoisotopic (exact) mass is 357 g/mol. The summed E-state index contributed by atoms with van der Waals surface area (Å²) < 4.78 is 0. The minimum absolute atomic E-state index is 0.0865. The van der Waals surface area contributed by atoms with E-state index in [-0.39, 0.29) is 5.91 Å². The van der Waals surface area contributed by atoms with Gasteiger partial charge in [0.05, 0.1) is 5.56 Å². The number of hydrogen-bond donors (Lipinski definition) is 2. The van der Waals surface area contributed by atoms with Crippen LogP contribution in [0.25, 0.3) is 0 Å². The summed E-state index contributed by atoms with van der Waals surface area (Å²) in [5.41, 5.74) is 8.11. The molecule has 3 rings (SSSR count). The van der Waals surface area contributed by atoms with Crippen molar-refractivity contribution in [3.8, 4) is 0 Å². The van der Waals surface area contributed by atoms with Crippen molar-refractivity contribution in [2.45, 2.75) is 19.4 Å². The number of carbonyl (C=O) groups is 1. The Balaban J connectivity index is 1.44. The summed E-state index contributed by atoms with van der Waals surface area (Å²) in [6.45, 7) is 3.64. The Labute approximate surface area is 154 Å². The van der Waals surface area contributed by atoms with Crippen LogP contribution in [0.5, 0.6) is 0 Å². The predicted octanol–water partition coefficient (Wildman–Crippen LogP) is 3.56. The second-order valence-electron chi connectivity index (χ2n) is 6.61. The molecular weight excluding hydrogens is 334 g/mol. The summed E-state index contributed by atoms with van der Waals surface area (Å²) in [5, 5.41) is 3.86. The summed E-state index contributed by atoms with van der Waals surface area (Å²) in [4.78, 5) is 14.7. The van der Waals surface area contributed by atoms with E-state index in [2.05, 4.69) is 16.3 Å². The number of rotatable bonds is 5. The van der Waals surface area contributed by atoms with Crippen molar-refractivity contribution in [2.24, 2.45) is 5.92 Å². The van der Waals surface area contributed by atoms with Gasteiger partial charge in [0.15, 0.2) is 0 Å². The summed E-state index contributed by atoms with van der Waals surface area (Å²) in [7, 11) is 0. The third-order valence-corrected chi connectivity index (χ3v) is 5.18. The number of likely N-dealkylation sites (tertiary alicyclic amines) is 1. The standard InChI is InChI=1S/C20H24ClN3O/c21-18-7-3-1-5-16(18)14-24-11-9-15(10-12-24)13-23-20(25)17-6-2-4-8-19(17)22/h1-8,15H,9-14,22H2,(H,23,25). The first-order valence-corrected chi connectivity index (χ1v) is 9.09. The summed E-state index contributed by atoms with van der Waals surface area (Å²) in [5.74, 6) is 0.424. The molecule has 0 bridgehead atoms. The van der Waals surface area contributed by atoms with Crippen LogP contribution in [0.4, 0.5) is 5.69 Å². The zero-order chi connectivity index (χ0) is 17.6. The SMILES string of the molecule is Nc1ccccc1C(=O)NCC1CCN(Cc2ccccc2Cl)CC1. The average molecular weight is 358 g/mol. The molecule has 0 aliphatic carbocycles. The number of nitrogens with zero attached hydrogens (tertiary/aromatic N) is 1. The first-order valence-electron chi connectivity index (χ1n) is 8.72. The van der Waals surface area contributed by atoms with Gasteiger partial charge in [-0.1, -0.05) is 41.9 Å². The number of para-hydroxylation sites is 1. The quantitative estimate of drug-likeness (QED) is 0.804. The van der Waals surface area contributed by atoms with Crippen molar-refractivity contribution >= 4 is 23.2 Å². The number of nitrogen functional groups attached to an aromatic ring is 1. The molecule has 25 heavy (non-hydrogen) atoms. The fourth-order valence-corrected chi connectivity index (χ4v) is 3.45. The fourth-order valence-electron chi connectivity index (χ4n) is 3.25. The van der Waals surface area contributed by atoms with Crippen molar-refractivity contribution in [1.82, 2.24) is 10.2 Å². The largest absolute Gasteiger partial charge is 0.398 e. The maximum Gasteiger partial charge on any atom is 0.253 e. The number of amides is 1. The molecule has 0 atom stereocenters. The number of carbonyl (C=O) groups excluding carboxylic acids is 1. The molecule has 1 amide bonds. The van der Waals surface area contributed by atoms with Gasteiger partial charge in [-0.25, -0.2) is 0 Å². The molecule has 0 radical (unpaired) electrons. The van der Waals surface area contributed by atoms with E-state index in [0.29, 0.717) is 23.7 Å². The normalized spacial score (nSPS) is 15.9. The molecule has 4 nitrogen and oxygen atoms in total. The molecule has 0 aromatic heterocycles. The predicted molar refractivity (Wildman–Crippen MR) is 103 cm³/mol.